The van der Waals surface area contributed by atoms with Gasteiger partial charge in [-0.3, -0.25) is 0 Å². The predicted molar refractivity (Wildman–Crippen MR) is 45.1 cm³/mol. The fourth-order valence-corrected chi connectivity index (χ4v) is 1.55. The van der Waals surface area contributed by atoms with E-state index in [4.69, 9.17) is 10.4 Å². The molecular formula is C7H11NO3S. The number of rotatable bonds is 4. The standard InChI is InChI=1S/C7H11NO3S/c1-3-4-7(5-8,6-9)12(2,10)11/h3,9H,1,4,6H2,2H3/t7-/m1/s1. The van der Waals surface area contributed by atoms with Crippen LogP contribution in [-0.2, 0) is 9.84 Å². The molecule has 0 aliphatic heterocycles. The number of sulfone groups is 1. The summed E-state index contributed by atoms with van der Waals surface area (Å²) in [6.45, 7) is 2.63. The van der Waals surface area contributed by atoms with E-state index >= 15 is 0 Å². The quantitative estimate of drug-likeness (QED) is 0.624. The summed E-state index contributed by atoms with van der Waals surface area (Å²) in [5.41, 5.74) is 0. The van der Waals surface area contributed by atoms with Crippen molar-refractivity contribution in [3.05, 3.63) is 12.7 Å². The van der Waals surface area contributed by atoms with E-state index in [1.54, 1.807) is 6.07 Å². The second-order valence-corrected chi connectivity index (χ2v) is 4.85. The van der Waals surface area contributed by atoms with Gasteiger partial charge in [0, 0.05) is 12.7 Å². The Kier molecular flexibility index (Phi) is 3.43. The van der Waals surface area contributed by atoms with E-state index in [1.807, 2.05) is 0 Å². The highest BCUT2D eigenvalue weighted by Gasteiger charge is 2.39. The zero-order chi connectivity index (χ0) is 9.83. The lowest BCUT2D eigenvalue weighted by Gasteiger charge is -2.19. The number of aliphatic hydroxyl groups is 1. The first kappa shape index (κ1) is 11.1. The zero-order valence-corrected chi connectivity index (χ0v) is 7.63. The van der Waals surface area contributed by atoms with Crippen LogP contribution in [-0.4, -0.2) is 31.1 Å². The third-order valence-electron chi connectivity index (χ3n) is 1.64. The van der Waals surface area contributed by atoms with Crippen LogP contribution in [0, 0.1) is 11.3 Å². The highest BCUT2D eigenvalue weighted by molar-refractivity contribution is 7.92. The summed E-state index contributed by atoms with van der Waals surface area (Å²) in [6, 6.07) is 1.60. The van der Waals surface area contributed by atoms with Crippen molar-refractivity contribution >= 4 is 9.84 Å². The van der Waals surface area contributed by atoms with Gasteiger partial charge >= 0.3 is 0 Å². The summed E-state index contributed by atoms with van der Waals surface area (Å²) in [7, 11) is -3.57. The molecule has 68 valence electrons. The summed E-state index contributed by atoms with van der Waals surface area (Å²) < 4.78 is 20.4. The van der Waals surface area contributed by atoms with Crippen LogP contribution < -0.4 is 0 Å². The second-order valence-electron chi connectivity index (χ2n) is 2.53. The molecule has 0 amide bonds. The van der Waals surface area contributed by atoms with Gasteiger partial charge in [0.15, 0.2) is 14.6 Å². The SMILES string of the molecule is C=CC[C@@](C#N)(CO)S(C)(=O)=O. The molecule has 4 nitrogen and oxygen atoms in total. The van der Waals surface area contributed by atoms with E-state index in [0.29, 0.717) is 0 Å². The average molecular weight is 189 g/mol. The van der Waals surface area contributed by atoms with Crippen molar-refractivity contribution in [2.45, 2.75) is 11.2 Å². The fraction of sp³-hybridized carbons (Fsp3) is 0.571. The van der Waals surface area contributed by atoms with Gasteiger partial charge in [-0.1, -0.05) is 6.08 Å². The Labute approximate surface area is 72.1 Å². The smallest absolute Gasteiger partial charge is 0.184 e. The Morgan fingerprint density at radius 3 is 2.33 bits per heavy atom. The first-order valence-corrected chi connectivity index (χ1v) is 5.15. The highest BCUT2D eigenvalue weighted by atomic mass is 32.2. The molecule has 0 rings (SSSR count). The van der Waals surface area contributed by atoms with Crippen LogP contribution in [0.25, 0.3) is 0 Å². The Balaban J connectivity index is 5.14. The molecule has 0 aromatic carbocycles. The topological polar surface area (TPSA) is 78.2 Å². The number of nitriles is 1. The monoisotopic (exact) mass is 189 g/mol. The normalized spacial score (nSPS) is 16.1. The van der Waals surface area contributed by atoms with Gasteiger partial charge in [-0.25, -0.2) is 8.42 Å². The van der Waals surface area contributed by atoms with Gasteiger partial charge in [0.1, 0.15) is 0 Å². The molecule has 0 radical (unpaired) electrons. The van der Waals surface area contributed by atoms with Crippen LogP contribution in [0.3, 0.4) is 0 Å². The highest BCUT2D eigenvalue weighted by Crippen LogP contribution is 2.19. The van der Waals surface area contributed by atoms with Crippen molar-refractivity contribution in [2.75, 3.05) is 12.9 Å². The lowest BCUT2D eigenvalue weighted by Crippen LogP contribution is -2.39. The van der Waals surface area contributed by atoms with Crippen LogP contribution in [0.5, 0.6) is 0 Å². The van der Waals surface area contributed by atoms with Gasteiger partial charge in [-0.15, -0.1) is 6.58 Å². The molecule has 0 aliphatic rings. The van der Waals surface area contributed by atoms with E-state index in [2.05, 4.69) is 6.58 Å². The Hall–Kier alpha value is -0.860. The first-order valence-electron chi connectivity index (χ1n) is 3.26. The van der Waals surface area contributed by atoms with Crippen molar-refractivity contribution in [3.8, 4) is 6.07 Å². The second kappa shape index (κ2) is 3.70. The Morgan fingerprint density at radius 2 is 2.25 bits per heavy atom. The average Bonchev–Trinajstić information content (AvgIpc) is 1.98. The van der Waals surface area contributed by atoms with Crippen molar-refractivity contribution in [2.24, 2.45) is 0 Å². The summed E-state index contributed by atoms with van der Waals surface area (Å²) in [4.78, 5) is 0. The number of hydrogen-bond acceptors (Lipinski definition) is 4. The van der Waals surface area contributed by atoms with Crippen LogP contribution in [0.15, 0.2) is 12.7 Å². The van der Waals surface area contributed by atoms with Gasteiger partial charge < -0.3 is 5.11 Å². The molecule has 0 saturated carbocycles. The van der Waals surface area contributed by atoms with E-state index in [1.165, 1.54) is 6.08 Å². The third kappa shape index (κ3) is 1.84. The van der Waals surface area contributed by atoms with E-state index < -0.39 is 21.2 Å². The van der Waals surface area contributed by atoms with Gasteiger partial charge in [-0.05, 0) is 0 Å². The van der Waals surface area contributed by atoms with Gasteiger partial charge in [-0.2, -0.15) is 5.26 Å². The molecule has 0 aromatic rings. The molecule has 0 aliphatic carbocycles. The molecule has 1 atom stereocenters. The maximum Gasteiger partial charge on any atom is 0.184 e. The summed E-state index contributed by atoms with van der Waals surface area (Å²) in [5.74, 6) is 0. The number of nitrogens with zero attached hydrogens (tertiary/aromatic N) is 1. The molecule has 0 aromatic heterocycles. The zero-order valence-electron chi connectivity index (χ0n) is 6.82. The maximum absolute atomic E-state index is 11.1. The number of aliphatic hydroxyl groups excluding tert-OH is 1. The molecule has 5 heteroatoms. The Morgan fingerprint density at radius 1 is 1.75 bits per heavy atom. The molecule has 1 N–H and O–H groups in total. The van der Waals surface area contributed by atoms with E-state index in [9.17, 15) is 8.42 Å². The summed E-state index contributed by atoms with van der Waals surface area (Å²) in [5, 5.41) is 17.4. The molecule has 0 spiro atoms. The molecule has 0 heterocycles. The lowest BCUT2D eigenvalue weighted by molar-refractivity contribution is 0.266. The van der Waals surface area contributed by atoms with Crippen molar-refractivity contribution < 1.29 is 13.5 Å². The molecule has 12 heavy (non-hydrogen) atoms. The maximum atomic E-state index is 11.1. The van der Waals surface area contributed by atoms with Crippen LogP contribution in [0.2, 0.25) is 0 Å². The van der Waals surface area contributed by atoms with Crippen LogP contribution in [0.4, 0.5) is 0 Å². The third-order valence-corrected chi connectivity index (χ3v) is 3.45. The summed E-state index contributed by atoms with van der Waals surface area (Å²) in [6.07, 6.45) is 2.18. The van der Waals surface area contributed by atoms with Gasteiger partial charge in [0.2, 0.25) is 0 Å². The molecule has 0 unspecified atom stereocenters. The number of allylic oxidation sites excluding steroid dienone is 1. The fourth-order valence-electron chi connectivity index (χ4n) is 0.730. The summed E-state index contributed by atoms with van der Waals surface area (Å²) >= 11 is 0. The largest absolute Gasteiger partial charge is 0.394 e. The molecule has 0 saturated heterocycles. The minimum atomic E-state index is -3.57. The first-order chi connectivity index (χ1) is 5.43. The lowest BCUT2D eigenvalue weighted by atomic mass is 10.1. The van der Waals surface area contributed by atoms with Crippen molar-refractivity contribution in [1.29, 1.82) is 5.26 Å². The van der Waals surface area contributed by atoms with E-state index in [0.717, 1.165) is 6.26 Å². The predicted octanol–water partition coefficient (Wildman–Crippen LogP) is -0.138. The van der Waals surface area contributed by atoms with Crippen molar-refractivity contribution in [1.82, 2.24) is 0 Å². The number of hydrogen-bond donors (Lipinski definition) is 1. The van der Waals surface area contributed by atoms with Crippen LogP contribution in [0.1, 0.15) is 6.42 Å². The van der Waals surface area contributed by atoms with Gasteiger partial charge in [0.05, 0.1) is 12.7 Å². The Bertz CT molecular complexity index is 301. The van der Waals surface area contributed by atoms with E-state index in [-0.39, 0.29) is 6.42 Å². The molecular weight excluding hydrogens is 178 g/mol. The minimum absolute atomic E-state index is 0.0567. The molecule has 0 bridgehead atoms. The minimum Gasteiger partial charge on any atom is -0.394 e. The van der Waals surface area contributed by atoms with Crippen LogP contribution >= 0.6 is 0 Å². The van der Waals surface area contributed by atoms with Crippen molar-refractivity contribution in [3.63, 3.8) is 0 Å². The van der Waals surface area contributed by atoms with Gasteiger partial charge in [0.25, 0.3) is 0 Å². The molecule has 0 fully saturated rings.